The van der Waals surface area contributed by atoms with E-state index in [1.54, 1.807) is 9.80 Å². The number of nitrogens with zero attached hydrogens (tertiary/aromatic N) is 3. The molecule has 0 aromatic heterocycles. The van der Waals surface area contributed by atoms with Crippen LogP contribution in [0.25, 0.3) is 0 Å². The molecule has 7 nitrogen and oxygen atoms in total. The molecule has 136 valence electrons. The summed E-state index contributed by atoms with van der Waals surface area (Å²) in [6.45, 7) is 2.12. The average Bonchev–Trinajstić information content (AvgIpc) is 2.99. The Balaban J connectivity index is 1.76. The van der Waals surface area contributed by atoms with E-state index >= 15 is 0 Å². The molecule has 2 saturated heterocycles. The van der Waals surface area contributed by atoms with Gasteiger partial charge in [0, 0.05) is 38.3 Å². The Morgan fingerprint density at radius 3 is 2.40 bits per heavy atom. The SMILES string of the molecule is O=C1NCCN1C1CCN(c2ccc(C(F)(F)F)cc2[N+](=O)[O-])CC1. The number of nitrogens with one attached hydrogen (secondary N) is 1. The fourth-order valence-corrected chi connectivity index (χ4v) is 3.37. The lowest BCUT2D eigenvalue weighted by molar-refractivity contribution is -0.384. The molecule has 2 fully saturated rings. The van der Waals surface area contributed by atoms with Crippen LogP contribution in [0.5, 0.6) is 0 Å². The van der Waals surface area contributed by atoms with Crippen molar-refractivity contribution < 1.29 is 22.9 Å². The molecule has 0 bridgehead atoms. The summed E-state index contributed by atoms with van der Waals surface area (Å²) in [6.07, 6.45) is -3.39. The lowest BCUT2D eigenvalue weighted by Gasteiger charge is -2.37. The quantitative estimate of drug-likeness (QED) is 0.665. The van der Waals surface area contributed by atoms with Crippen LogP contribution in [0.1, 0.15) is 18.4 Å². The van der Waals surface area contributed by atoms with Crippen LogP contribution in [0.15, 0.2) is 18.2 Å². The molecule has 1 aromatic rings. The highest BCUT2D eigenvalue weighted by atomic mass is 19.4. The summed E-state index contributed by atoms with van der Waals surface area (Å²) < 4.78 is 38.4. The molecule has 0 radical (unpaired) electrons. The molecule has 2 aliphatic heterocycles. The molecule has 2 amide bonds. The van der Waals surface area contributed by atoms with Crippen LogP contribution in [0, 0.1) is 10.1 Å². The van der Waals surface area contributed by atoms with Crippen molar-refractivity contribution in [2.24, 2.45) is 0 Å². The highest BCUT2D eigenvalue weighted by Gasteiger charge is 2.35. The molecule has 2 heterocycles. The minimum absolute atomic E-state index is 0.0484. The van der Waals surface area contributed by atoms with Crippen molar-refractivity contribution in [1.29, 1.82) is 0 Å². The summed E-state index contributed by atoms with van der Waals surface area (Å²) in [5.41, 5.74) is -1.40. The van der Waals surface area contributed by atoms with E-state index < -0.39 is 22.4 Å². The molecular formula is C15H17F3N4O3. The summed E-state index contributed by atoms with van der Waals surface area (Å²) in [6, 6.07) is 2.54. The zero-order valence-electron chi connectivity index (χ0n) is 13.3. The normalized spacial score (nSPS) is 19.2. The number of benzene rings is 1. The number of nitro groups is 1. The lowest BCUT2D eigenvalue weighted by Crippen LogP contribution is -2.46. The number of amides is 2. The Morgan fingerprint density at radius 1 is 1.20 bits per heavy atom. The molecule has 2 aliphatic rings. The number of urea groups is 1. The van der Waals surface area contributed by atoms with Crippen molar-refractivity contribution in [1.82, 2.24) is 10.2 Å². The second kappa shape index (κ2) is 6.41. The van der Waals surface area contributed by atoms with Crippen molar-refractivity contribution in [3.63, 3.8) is 0 Å². The van der Waals surface area contributed by atoms with E-state index in [0.29, 0.717) is 45.1 Å². The molecule has 0 spiro atoms. The Morgan fingerprint density at radius 2 is 1.88 bits per heavy atom. The standard InChI is InChI=1S/C15H17F3N4O3/c16-15(17,18)10-1-2-12(13(9-10)22(24)25)20-6-3-11(4-7-20)21-8-5-19-14(21)23/h1-2,9,11H,3-8H2,(H,19,23). The molecule has 3 rings (SSSR count). The minimum Gasteiger partial charge on any atom is -0.366 e. The van der Waals surface area contributed by atoms with Gasteiger partial charge in [0.2, 0.25) is 0 Å². The number of piperidine rings is 1. The Labute approximate surface area is 141 Å². The molecule has 25 heavy (non-hydrogen) atoms. The summed E-state index contributed by atoms with van der Waals surface area (Å²) in [5, 5.41) is 13.9. The molecule has 1 N–H and O–H groups in total. The monoisotopic (exact) mass is 358 g/mol. The van der Waals surface area contributed by atoms with Crippen LogP contribution in [-0.2, 0) is 6.18 Å². The van der Waals surface area contributed by atoms with Crippen molar-refractivity contribution >= 4 is 17.4 Å². The molecular weight excluding hydrogens is 341 g/mol. The maximum atomic E-state index is 12.8. The Bertz CT molecular complexity index is 687. The summed E-state index contributed by atoms with van der Waals surface area (Å²) in [5.74, 6) is 0. The second-order valence-electron chi connectivity index (χ2n) is 6.10. The summed E-state index contributed by atoms with van der Waals surface area (Å²) in [4.78, 5) is 25.6. The number of carbonyl (C=O) groups excluding carboxylic acids is 1. The number of alkyl halides is 3. The van der Waals surface area contributed by atoms with Crippen molar-refractivity contribution in [2.75, 3.05) is 31.1 Å². The number of anilines is 1. The third-order valence-electron chi connectivity index (χ3n) is 4.64. The fourth-order valence-electron chi connectivity index (χ4n) is 3.37. The first-order valence-electron chi connectivity index (χ1n) is 7.92. The lowest BCUT2D eigenvalue weighted by atomic mass is 10.0. The van der Waals surface area contributed by atoms with Crippen molar-refractivity contribution in [2.45, 2.75) is 25.1 Å². The highest BCUT2D eigenvalue weighted by molar-refractivity contribution is 5.76. The van der Waals surface area contributed by atoms with E-state index in [0.717, 1.165) is 12.1 Å². The van der Waals surface area contributed by atoms with Gasteiger partial charge in [-0.05, 0) is 25.0 Å². The van der Waals surface area contributed by atoms with Gasteiger partial charge in [0.15, 0.2) is 0 Å². The number of nitro benzene ring substituents is 1. The maximum Gasteiger partial charge on any atom is 0.416 e. The predicted molar refractivity (Wildman–Crippen MR) is 83.4 cm³/mol. The number of rotatable bonds is 3. The number of halogens is 3. The smallest absolute Gasteiger partial charge is 0.366 e. The third kappa shape index (κ3) is 3.47. The zero-order valence-corrected chi connectivity index (χ0v) is 13.3. The van der Waals surface area contributed by atoms with E-state index in [1.807, 2.05) is 0 Å². The zero-order chi connectivity index (χ0) is 18.2. The summed E-state index contributed by atoms with van der Waals surface area (Å²) >= 11 is 0. The predicted octanol–water partition coefficient (Wildman–Crippen LogP) is 2.61. The number of hydrogen-bond acceptors (Lipinski definition) is 4. The molecule has 10 heteroatoms. The molecule has 1 aromatic carbocycles. The molecule has 0 aliphatic carbocycles. The van der Waals surface area contributed by atoms with Crippen LogP contribution in [0.3, 0.4) is 0 Å². The molecule has 0 unspecified atom stereocenters. The van der Waals surface area contributed by atoms with Crippen molar-refractivity contribution in [3.8, 4) is 0 Å². The van der Waals surface area contributed by atoms with Gasteiger partial charge in [-0.25, -0.2) is 4.79 Å². The van der Waals surface area contributed by atoms with Gasteiger partial charge in [0.05, 0.1) is 10.5 Å². The van der Waals surface area contributed by atoms with E-state index in [9.17, 15) is 28.1 Å². The minimum atomic E-state index is -4.63. The van der Waals surface area contributed by atoms with Crippen LogP contribution in [0.2, 0.25) is 0 Å². The van der Waals surface area contributed by atoms with Gasteiger partial charge >= 0.3 is 12.2 Å². The van der Waals surface area contributed by atoms with Crippen LogP contribution in [0.4, 0.5) is 29.3 Å². The summed E-state index contributed by atoms with van der Waals surface area (Å²) in [7, 11) is 0. The van der Waals surface area contributed by atoms with Crippen LogP contribution in [-0.4, -0.2) is 48.1 Å². The van der Waals surface area contributed by atoms with Crippen LogP contribution < -0.4 is 10.2 Å². The van der Waals surface area contributed by atoms with E-state index in [4.69, 9.17) is 0 Å². The largest absolute Gasteiger partial charge is 0.416 e. The average molecular weight is 358 g/mol. The second-order valence-corrected chi connectivity index (χ2v) is 6.10. The Hall–Kier alpha value is -2.52. The topological polar surface area (TPSA) is 78.7 Å². The van der Waals surface area contributed by atoms with Gasteiger partial charge in [0.25, 0.3) is 5.69 Å². The van der Waals surface area contributed by atoms with Gasteiger partial charge < -0.3 is 15.1 Å². The molecule has 0 saturated carbocycles. The number of carbonyl (C=O) groups is 1. The van der Waals surface area contributed by atoms with E-state index in [-0.39, 0.29) is 17.8 Å². The maximum absolute atomic E-state index is 12.8. The van der Waals surface area contributed by atoms with E-state index in [2.05, 4.69) is 5.32 Å². The van der Waals surface area contributed by atoms with Gasteiger partial charge in [-0.15, -0.1) is 0 Å². The Kier molecular flexibility index (Phi) is 4.44. The molecule has 0 atom stereocenters. The van der Waals surface area contributed by atoms with Crippen molar-refractivity contribution in [3.05, 3.63) is 33.9 Å². The third-order valence-corrected chi connectivity index (χ3v) is 4.64. The number of hydrogen-bond donors (Lipinski definition) is 1. The van der Waals surface area contributed by atoms with Crippen LogP contribution >= 0.6 is 0 Å². The van der Waals surface area contributed by atoms with Gasteiger partial charge in [-0.1, -0.05) is 0 Å². The highest BCUT2D eigenvalue weighted by Crippen LogP contribution is 2.37. The first-order chi connectivity index (χ1) is 11.8. The van der Waals surface area contributed by atoms with Gasteiger partial charge in [0.1, 0.15) is 5.69 Å². The first-order valence-corrected chi connectivity index (χ1v) is 7.92. The first kappa shape index (κ1) is 17.3. The van der Waals surface area contributed by atoms with Gasteiger partial charge in [-0.2, -0.15) is 13.2 Å². The van der Waals surface area contributed by atoms with Gasteiger partial charge in [-0.3, -0.25) is 10.1 Å². The fraction of sp³-hybridized carbons (Fsp3) is 0.533. The van der Waals surface area contributed by atoms with E-state index in [1.165, 1.54) is 0 Å².